The molecule has 130 valence electrons. The molecule has 0 radical (unpaired) electrons. The fourth-order valence-corrected chi connectivity index (χ4v) is 2.47. The van der Waals surface area contributed by atoms with Crippen LogP contribution in [0.2, 0.25) is 0 Å². The summed E-state index contributed by atoms with van der Waals surface area (Å²) in [7, 11) is 0. The molecule has 1 rings (SSSR count). The Labute approximate surface area is 135 Å². The van der Waals surface area contributed by atoms with Crippen LogP contribution in [0.4, 0.5) is 4.79 Å². The van der Waals surface area contributed by atoms with Gasteiger partial charge in [0.25, 0.3) is 0 Å². The maximum Gasteiger partial charge on any atom is 0.410 e. The summed E-state index contributed by atoms with van der Waals surface area (Å²) in [5, 5.41) is 3.47. The standard InChI is InChI=1S/C17H34N2O3/c1-16(2,3)19(15(20)22-17(4,5)6)10-9-18-13-14-7-11-21-12-8-14/h14,18H,7-13H2,1-6H3. The number of hydrogen-bond acceptors (Lipinski definition) is 4. The van der Waals surface area contributed by atoms with Gasteiger partial charge >= 0.3 is 6.09 Å². The van der Waals surface area contributed by atoms with Gasteiger partial charge in [0.05, 0.1) is 0 Å². The van der Waals surface area contributed by atoms with Crippen LogP contribution in [0.15, 0.2) is 0 Å². The van der Waals surface area contributed by atoms with Crippen LogP contribution in [0.5, 0.6) is 0 Å². The summed E-state index contributed by atoms with van der Waals surface area (Å²) in [4.78, 5) is 14.2. The minimum atomic E-state index is -0.462. The molecule has 0 unspecified atom stereocenters. The topological polar surface area (TPSA) is 50.8 Å². The number of hydrogen-bond donors (Lipinski definition) is 1. The predicted molar refractivity (Wildman–Crippen MR) is 89.1 cm³/mol. The first kappa shape index (κ1) is 19.2. The van der Waals surface area contributed by atoms with Crippen LogP contribution >= 0.6 is 0 Å². The highest BCUT2D eigenvalue weighted by atomic mass is 16.6. The van der Waals surface area contributed by atoms with Gasteiger partial charge in [0.15, 0.2) is 0 Å². The summed E-state index contributed by atoms with van der Waals surface area (Å²) in [5.41, 5.74) is -0.710. The van der Waals surface area contributed by atoms with Crippen molar-refractivity contribution < 1.29 is 14.3 Å². The minimum absolute atomic E-state index is 0.243. The van der Waals surface area contributed by atoms with Crippen molar-refractivity contribution in [1.82, 2.24) is 10.2 Å². The molecule has 0 bridgehead atoms. The first-order chi connectivity index (χ1) is 10.1. The summed E-state index contributed by atoms with van der Waals surface area (Å²) in [5.74, 6) is 0.693. The normalized spacial score (nSPS) is 17.4. The van der Waals surface area contributed by atoms with Gasteiger partial charge in [-0.25, -0.2) is 4.79 Å². The summed E-state index contributed by atoms with van der Waals surface area (Å²) >= 11 is 0. The zero-order valence-electron chi connectivity index (χ0n) is 15.2. The molecule has 1 fully saturated rings. The Morgan fingerprint density at radius 2 is 1.77 bits per heavy atom. The maximum atomic E-state index is 12.4. The van der Waals surface area contributed by atoms with E-state index in [1.54, 1.807) is 4.90 Å². The van der Waals surface area contributed by atoms with Crippen molar-refractivity contribution in [3.63, 3.8) is 0 Å². The Morgan fingerprint density at radius 3 is 2.27 bits per heavy atom. The Bertz CT molecular complexity index is 339. The van der Waals surface area contributed by atoms with E-state index < -0.39 is 5.60 Å². The first-order valence-corrected chi connectivity index (χ1v) is 8.39. The lowest BCUT2D eigenvalue weighted by Crippen LogP contribution is -2.50. The molecule has 0 saturated carbocycles. The van der Waals surface area contributed by atoms with Gasteiger partial charge in [-0.3, -0.25) is 0 Å². The average molecular weight is 314 g/mol. The van der Waals surface area contributed by atoms with Crippen LogP contribution in [0.1, 0.15) is 54.4 Å². The molecule has 1 saturated heterocycles. The van der Waals surface area contributed by atoms with Crippen LogP contribution < -0.4 is 5.32 Å². The van der Waals surface area contributed by atoms with Crippen molar-refractivity contribution in [2.24, 2.45) is 5.92 Å². The van der Waals surface area contributed by atoms with Crippen molar-refractivity contribution in [3.05, 3.63) is 0 Å². The van der Waals surface area contributed by atoms with Crippen LogP contribution in [0.25, 0.3) is 0 Å². The third kappa shape index (κ3) is 7.45. The van der Waals surface area contributed by atoms with Crippen LogP contribution in [-0.2, 0) is 9.47 Å². The number of carbonyl (C=O) groups excluding carboxylic acids is 1. The predicted octanol–water partition coefficient (Wildman–Crippen LogP) is 3.04. The van der Waals surface area contributed by atoms with E-state index in [1.165, 1.54) is 0 Å². The molecule has 0 aliphatic carbocycles. The third-order valence-electron chi connectivity index (χ3n) is 3.71. The number of nitrogens with zero attached hydrogens (tertiary/aromatic N) is 1. The number of nitrogens with one attached hydrogen (secondary N) is 1. The van der Waals surface area contributed by atoms with E-state index in [9.17, 15) is 4.79 Å². The fourth-order valence-electron chi connectivity index (χ4n) is 2.47. The van der Waals surface area contributed by atoms with Gasteiger partial charge in [0.1, 0.15) is 5.60 Å². The third-order valence-corrected chi connectivity index (χ3v) is 3.71. The Kier molecular flexibility index (Phi) is 7.13. The first-order valence-electron chi connectivity index (χ1n) is 8.39. The lowest BCUT2D eigenvalue weighted by atomic mass is 10.0. The summed E-state index contributed by atoms with van der Waals surface area (Å²) < 4.78 is 10.9. The van der Waals surface area contributed by atoms with Crippen LogP contribution in [0, 0.1) is 5.92 Å². The largest absolute Gasteiger partial charge is 0.444 e. The van der Waals surface area contributed by atoms with Gasteiger partial charge in [-0.15, -0.1) is 0 Å². The van der Waals surface area contributed by atoms with Gasteiger partial charge in [-0.1, -0.05) is 0 Å². The van der Waals surface area contributed by atoms with E-state index >= 15 is 0 Å². The van der Waals surface area contributed by atoms with Crippen molar-refractivity contribution in [2.45, 2.75) is 65.5 Å². The van der Waals surface area contributed by atoms with Gasteiger partial charge in [-0.2, -0.15) is 0 Å². The van der Waals surface area contributed by atoms with Gasteiger partial charge in [0, 0.05) is 31.8 Å². The molecule has 0 aromatic rings. The summed E-state index contributed by atoms with van der Waals surface area (Å²) in [6.07, 6.45) is 2.01. The lowest BCUT2D eigenvalue weighted by molar-refractivity contribution is 0.00647. The molecule has 5 heteroatoms. The molecule has 0 aromatic heterocycles. The molecule has 0 atom stereocenters. The molecule has 1 amide bonds. The smallest absolute Gasteiger partial charge is 0.410 e. The zero-order chi connectivity index (χ0) is 16.8. The van der Waals surface area contributed by atoms with E-state index in [-0.39, 0.29) is 11.6 Å². The van der Waals surface area contributed by atoms with Gasteiger partial charge in [0.2, 0.25) is 0 Å². The monoisotopic (exact) mass is 314 g/mol. The maximum absolute atomic E-state index is 12.4. The molecular formula is C17H34N2O3. The van der Waals surface area contributed by atoms with Crippen molar-refractivity contribution >= 4 is 6.09 Å². The van der Waals surface area contributed by atoms with Crippen molar-refractivity contribution in [3.8, 4) is 0 Å². The Morgan fingerprint density at radius 1 is 1.18 bits per heavy atom. The molecule has 0 aromatic carbocycles. The van der Waals surface area contributed by atoms with Crippen LogP contribution in [-0.4, -0.2) is 55.0 Å². The van der Waals surface area contributed by atoms with E-state index in [1.807, 2.05) is 41.5 Å². The summed E-state index contributed by atoms with van der Waals surface area (Å²) in [6.45, 7) is 16.0. The highest BCUT2D eigenvalue weighted by molar-refractivity contribution is 5.69. The highest BCUT2D eigenvalue weighted by Gasteiger charge is 2.30. The molecule has 1 aliphatic heterocycles. The van der Waals surface area contributed by atoms with Gasteiger partial charge < -0.3 is 19.7 Å². The Balaban J connectivity index is 2.40. The molecule has 22 heavy (non-hydrogen) atoms. The van der Waals surface area contributed by atoms with E-state index in [0.29, 0.717) is 12.5 Å². The molecule has 1 N–H and O–H groups in total. The van der Waals surface area contributed by atoms with Crippen molar-refractivity contribution in [2.75, 3.05) is 32.8 Å². The molecule has 1 heterocycles. The lowest BCUT2D eigenvalue weighted by Gasteiger charge is -2.37. The minimum Gasteiger partial charge on any atom is -0.444 e. The number of rotatable bonds is 5. The Hall–Kier alpha value is -0.810. The SMILES string of the molecule is CC(C)(C)OC(=O)N(CCNCC1CCOCC1)C(C)(C)C. The number of ether oxygens (including phenoxy) is 2. The molecule has 5 nitrogen and oxygen atoms in total. The van der Waals surface area contributed by atoms with Crippen LogP contribution in [0.3, 0.4) is 0 Å². The second-order valence-electron chi connectivity index (χ2n) is 8.06. The van der Waals surface area contributed by atoms with Gasteiger partial charge in [-0.05, 0) is 66.8 Å². The molecular weight excluding hydrogens is 280 g/mol. The van der Waals surface area contributed by atoms with E-state index in [2.05, 4.69) is 5.32 Å². The van der Waals surface area contributed by atoms with E-state index in [0.717, 1.165) is 39.1 Å². The second-order valence-corrected chi connectivity index (χ2v) is 8.06. The average Bonchev–Trinajstić information content (AvgIpc) is 2.36. The van der Waals surface area contributed by atoms with Crippen molar-refractivity contribution in [1.29, 1.82) is 0 Å². The quantitative estimate of drug-likeness (QED) is 0.793. The number of amides is 1. The molecule has 1 aliphatic rings. The van der Waals surface area contributed by atoms with E-state index in [4.69, 9.17) is 9.47 Å². The molecule has 0 spiro atoms. The fraction of sp³-hybridized carbons (Fsp3) is 0.941. The number of carbonyl (C=O) groups is 1. The second kappa shape index (κ2) is 8.16. The highest BCUT2D eigenvalue weighted by Crippen LogP contribution is 2.18. The summed E-state index contributed by atoms with van der Waals surface area (Å²) in [6, 6.07) is 0. The zero-order valence-corrected chi connectivity index (χ0v) is 15.2.